The molecule has 0 saturated carbocycles. The summed E-state index contributed by atoms with van der Waals surface area (Å²) in [6.45, 7) is 17.2. The van der Waals surface area contributed by atoms with E-state index in [1.54, 1.807) is 0 Å². The Morgan fingerprint density at radius 1 is 0.600 bits per heavy atom. The van der Waals surface area contributed by atoms with Gasteiger partial charge in [0.25, 0.3) is 0 Å². The summed E-state index contributed by atoms with van der Waals surface area (Å²) < 4.78 is 0. The Bertz CT molecular complexity index is 418. The molecule has 0 spiro atoms. The number of hydrogen-bond donors (Lipinski definition) is 0. The van der Waals surface area contributed by atoms with Gasteiger partial charge in [0.05, 0.1) is 11.1 Å². The zero-order valence-corrected chi connectivity index (χ0v) is 17.6. The first-order chi connectivity index (χ1) is 11.5. The standard InChI is InChI=1S/C21H38N2O2/c1-16(2)9-20(22-14-24,10-17(3)4)13-21(23-15-25,11-18(5)6)12-19(7)8/h16-19H,9-13H2,1-8H3. The smallest absolute Gasteiger partial charge is 0.211 e. The summed E-state index contributed by atoms with van der Waals surface area (Å²) in [7, 11) is 0. The molecule has 25 heavy (non-hydrogen) atoms. The Morgan fingerprint density at radius 3 is 1.00 bits per heavy atom. The molecule has 0 aromatic carbocycles. The van der Waals surface area contributed by atoms with Crippen LogP contribution in [0.25, 0.3) is 0 Å². The van der Waals surface area contributed by atoms with Crippen molar-refractivity contribution in [2.24, 2.45) is 33.7 Å². The van der Waals surface area contributed by atoms with E-state index in [0.29, 0.717) is 30.1 Å². The second-order valence-corrected chi connectivity index (χ2v) is 9.42. The van der Waals surface area contributed by atoms with Crippen LogP contribution in [-0.4, -0.2) is 23.2 Å². The van der Waals surface area contributed by atoms with Gasteiger partial charge in [-0.3, -0.25) is 0 Å². The summed E-state index contributed by atoms with van der Waals surface area (Å²) in [6, 6.07) is 0. The highest BCUT2D eigenvalue weighted by atomic mass is 16.1. The van der Waals surface area contributed by atoms with Gasteiger partial charge in [-0.15, -0.1) is 0 Å². The normalized spacial score (nSPS) is 12.6. The van der Waals surface area contributed by atoms with Crippen LogP contribution in [0, 0.1) is 23.7 Å². The van der Waals surface area contributed by atoms with E-state index >= 15 is 0 Å². The number of aliphatic imine (C=N–C) groups is 2. The van der Waals surface area contributed by atoms with E-state index in [2.05, 4.69) is 65.4 Å². The van der Waals surface area contributed by atoms with Crippen LogP contribution in [0.3, 0.4) is 0 Å². The summed E-state index contributed by atoms with van der Waals surface area (Å²) in [5.74, 6) is 1.58. The Labute approximate surface area is 154 Å². The zero-order chi connectivity index (χ0) is 19.7. The van der Waals surface area contributed by atoms with Crippen LogP contribution in [0.15, 0.2) is 9.98 Å². The molecule has 4 nitrogen and oxygen atoms in total. The average Bonchev–Trinajstić information content (AvgIpc) is 2.34. The molecular weight excluding hydrogens is 312 g/mol. The topological polar surface area (TPSA) is 58.9 Å². The molecule has 0 rings (SSSR count). The van der Waals surface area contributed by atoms with Crippen molar-refractivity contribution in [2.75, 3.05) is 0 Å². The van der Waals surface area contributed by atoms with Crippen molar-refractivity contribution < 1.29 is 9.59 Å². The lowest BCUT2D eigenvalue weighted by atomic mass is 9.69. The SMILES string of the molecule is CC(C)CC(CC(C)C)(CC(CC(C)C)(CC(C)C)N=C=O)N=C=O. The van der Waals surface area contributed by atoms with Crippen molar-refractivity contribution in [1.82, 2.24) is 0 Å². The van der Waals surface area contributed by atoms with E-state index in [1.807, 2.05) is 12.2 Å². The van der Waals surface area contributed by atoms with Gasteiger partial charge in [-0.05, 0) is 55.8 Å². The van der Waals surface area contributed by atoms with E-state index in [4.69, 9.17) is 0 Å². The van der Waals surface area contributed by atoms with Gasteiger partial charge in [0.15, 0.2) is 0 Å². The van der Waals surface area contributed by atoms with Crippen molar-refractivity contribution >= 4 is 12.2 Å². The molecule has 0 heterocycles. The Kier molecular flexibility index (Phi) is 10.2. The lowest BCUT2D eigenvalue weighted by molar-refractivity contribution is 0.172. The molecule has 0 unspecified atom stereocenters. The summed E-state index contributed by atoms with van der Waals surface area (Å²) in [5.41, 5.74) is -1.04. The minimum Gasteiger partial charge on any atom is -0.211 e. The maximum Gasteiger partial charge on any atom is 0.235 e. The molecule has 0 aliphatic rings. The summed E-state index contributed by atoms with van der Waals surface area (Å²) >= 11 is 0. The zero-order valence-electron chi connectivity index (χ0n) is 17.6. The lowest BCUT2D eigenvalue weighted by Gasteiger charge is -2.41. The van der Waals surface area contributed by atoms with Gasteiger partial charge in [-0.1, -0.05) is 55.4 Å². The maximum absolute atomic E-state index is 11.3. The average molecular weight is 351 g/mol. The predicted molar refractivity (Wildman–Crippen MR) is 104 cm³/mol. The number of hydrogen-bond acceptors (Lipinski definition) is 4. The largest absolute Gasteiger partial charge is 0.235 e. The molecule has 0 saturated heterocycles. The summed E-state index contributed by atoms with van der Waals surface area (Å²) in [4.78, 5) is 31.2. The second-order valence-electron chi connectivity index (χ2n) is 9.42. The Hall–Kier alpha value is -1.24. The van der Waals surface area contributed by atoms with Crippen LogP contribution in [0.2, 0.25) is 0 Å². The highest BCUT2D eigenvalue weighted by Gasteiger charge is 2.43. The number of nitrogens with zero attached hydrogens (tertiary/aromatic N) is 2. The highest BCUT2D eigenvalue weighted by molar-refractivity contribution is 5.37. The molecule has 0 aliphatic carbocycles. The molecule has 4 heteroatoms. The molecule has 0 fully saturated rings. The molecule has 0 aliphatic heterocycles. The molecule has 0 amide bonds. The Morgan fingerprint density at radius 2 is 0.840 bits per heavy atom. The fraction of sp³-hybridized carbons (Fsp3) is 0.905. The lowest BCUT2D eigenvalue weighted by Crippen LogP contribution is -2.42. The summed E-state index contributed by atoms with van der Waals surface area (Å²) in [6.07, 6.45) is 7.45. The molecule has 0 aromatic heterocycles. The van der Waals surface area contributed by atoms with E-state index in [1.165, 1.54) is 0 Å². The summed E-state index contributed by atoms with van der Waals surface area (Å²) in [5, 5.41) is 0. The van der Waals surface area contributed by atoms with E-state index in [9.17, 15) is 9.59 Å². The van der Waals surface area contributed by atoms with E-state index < -0.39 is 11.1 Å². The first kappa shape index (κ1) is 23.8. The minimum atomic E-state index is -0.520. The third-order valence-corrected chi connectivity index (χ3v) is 4.38. The van der Waals surface area contributed by atoms with Gasteiger partial charge in [0.1, 0.15) is 0 Å². The number of isocyanates is 2. The van der Waals surface area contributed by atoms with Crippen LogP contribution in [0.4, 0.5) is 0 Å². The Balaban J connectivity index is 6.14. The van der Waals surface area contributed by atoms with E-state index in [0.717, 1.165) is 25.7 Å². The first-order valence-corrected chi connectivity index (χ1v) is 9.68. The first-order valence-electron chi connectivity index (χ1n) is 9.68. The van der Waals surface area contributed by atoms with Crippen LogP contribution in [0.5, 0.6) is 0 Å². The molecule has 0 N–H and O–H groups in total. The van der Waals surface area contributed by atoms with Crippen molar-refractivity contribution in [2.45, 2.75) is 98.6 Å². The quantitative estimate of drug-likeness (QED) is 0.334. The van der Waals surface area contributed by atoms with Crippen LogP contribution < -0.4 is 0 Å². The van der Waals surface area contributed by atoms with Crippen molar-refractivity contribution in [3.8, 4) is 0 Å². The van der Waals surface area contributed by atoms with E-state index in [-0.39, 0.29) is 0 Å². The third kappa shape index (κ3) is 9.14. The van der Waals surface area contributed by atoms with Crippen molar-refractivity contribution in [3.05, 3.63) is 0 Å². The maximum atomic E-state index is 11.3. The molecule has 0 radical (unpaired) electrons. The van der Waals surface area contributed by atoms with Crippen molar-refractivity contribution in [3.63, 3.8) is 0 Å². The molecule has 0 aromatic rings. The molecule has 0 atom stereocenters. The second kappa shape index (κ2) is 10.7. The van der Waals surface area contributed by atoms with Gasteiger partial charge < -0.3 is 0 Å². The molecule has 0 bridgehead atoms. The molecule has 144 valence electrons. The number of carbonyl (C=O) groups excluding carboxylic acids is 2. The van der Waals surface area contributed by atoms with Crippen LogP contribution in [0.1, 0.15) is 87.5 Å². The molecular formula is C21H38N2O2. The monoisotopic (exact) mass is 350 g/mol. The fourth-order valence-electron chi connectivity index (χ4n) is 4.56. The van der Waals surface area contributed by atoms with Crippen molar-refractivity contribution in [1.29, 1.82) is 0 Å². The van der Waals surface area contributed by atoms with Gasteiger partial charge in [-0.25, -0.2) is 9.59 Å². The number of rotatable bonds is 12. The van der Waals surface area contributed by atoms with Gasteiger partial charge in [0, 0.05) is 0 Å². The van der Waals surface area contributed by atoms with Gasteiger partial charge >= 0.3 is 0 Å². The predicted octanol–water partition coefficient (Wildman–Crippen LogP) is 5.71. The van der Waals surface area contributed by atoms with Gasteiger partial charge in [0.2, 0.25) is 12.2 Å². The fourth-order valence-corrected chi connectivity index (χ4v) is 4.56. The van der Waals surface area contributed by atoms with Crippen LogP contribution >= 0.6 is 0 Å². The van der Waals surface area contributed by atoms with Crippen LogP contribution in [-0.2, 0) is 9.59 Å². The highest BCUT2D eigenvalue weighted by Crippen LogP contribution is 2.42. The van der Waals surface area contributed by atoms with Gasteiger partial charge in [-0.2, -0.15) is 9.98 Å². The third-order valence-electron chi connectivity index (χ3n) is 4.38. The minimum absolute atomic E-state index is 0.395.